The van der Waals surface area contributed by atoms with Crippen LogP contribution in [0.5, 0.6) is 11.5 Å². The van der Waals surface area contributed by atoms with Crippen LogP contribution in [0.3, 0.4) is 0 Å². The van der Waals surface area contributed by atoms with Gasteiger partial charge in [-0.3, -0.25) is 4.79 Å². The van der Waals surface area contributed by atoms with Crippen molar-refractivity contribution in [1.29, 1.82) is 0 Å². The van der Waals surface area contributed by atoms with Crippen molar-refractivity contribution in [3.8, 4) is 11.5 Å². The third kappa shape index (κ3) is 3.92. The van der Waals surface area contributed by atoms with Gasteiger partial charge in [-0.2, -0.15) is 0 Å². The standard InChI is InChI=1S/C20H23FN2O5S/c1-22(2)29(25,26)19-11-14(5-6-16(19)21)20(24)23-8-7-13-9-17(27-3)18(28-4)10-15(13)12-23/h5-6,9-11H,7-8,12H2,1-4H3. The van der Waals surface area contributed by atoms with Crippen LogP contribution in [0.2, 0.25) is 0 Å². The lowest BCUT2D eigenvalue weighted by Gasteiger charge is -2.30. The third-order valence-electron chi connectivity index (χ3n) is 4.94. The van der Waals surface area contributed by atoms with E-state index in [1.807, 2.05) is 12.1 Å². The zero-order chi connectivity index (χ0) is 21.3. The number of amides is 1. The first kappa shape index (κ1) is 21.1. The molecule has 1 heterocycles. The highest BCUT2D eigenvalue weighted by atomic mass is 32.2. The molecule has 29 heavy (non-hydrogen) atoms. The number of ether oxygens (including phenoxy) is 2. The van der Waals surface area contributed by atoms with Crippen molar-refractivity contribution in [3.05, 3.63) is 52.8 Å². The summed E-state index contributed by atoms with van der Waals surface area (Å²) in [7, 11) is 1.73. The number of fused-ring (bicyclic) bond motifs is 1. The zero-order valence-corrected chi connectivity index (χ0v) is 17.5. The number of halogens is 1. The van der Waals surface area contributed by atoms with Gasteiger partial charge in [-0.25, -0.2) is 17.1 Å². The molecule has 0 saturated heterocycles. The predicted octanol–water partition coefficient (Wildman–Crippen LogP) is 2.29. The molecule has 2 aromatic carbocycles. The molecule has 2 aromatic rings. The molecule has 0 atom stereocenters. The van der Waals surface area contributed by atoms with Gasteiger partial charge in [0, 0.05) is 32.7 Å². The van der Waals surface area contributed by atoms with E-state index in [-0.39, 0.29) is 11.5 Å². The van der Waals surface area contributed by atoms with E-state index in [0.29, 0.717) is 31.0 Å². The molecule has 3 rings (SSSR count). The summed E-state index contributed by atoms with van der Waals surface area (Å²) >= 11 is 0. The van der Waals surface area contributed by atoms with Crippen molar-refractivity contribution in [1.82, 2.24) is 9.21 Å². The van der Waals surface area contributed by atoms with Crippen molar-refractivity contribution in [2.24, 2.45) is 0 Å². The average Bonchev–Trinajstić information content (AvgIpc) is 2.71. The van der Waals surface area contributed by atoms with Crippen molar-refractivity contribution >= 4 is 15.9 Å². The Morgan fingerprint density at radius 1 is 1.07 bits per heavy atom. The number of benzene rings is 2. The molecule has 156 valence electrons. The normalized spacial score (nSPS) is 13.9. The van der Waals surface area contributed by atoms with Crippen LogP contribution in [0.25, 0.3) is 0 Å². The van der Waals surface area contributed by atoms with Crippen molar-refractivity contribution in [2.45, 2.75) is 17.9 Å². The van der Waals surface area contributed by atoms with E-state index in [1.165, 1.54) is 20.2 Å². The number of carbonyl (C=O) groups is 1. The summed E-state index contributed by atoms with van der Waals surface area (Å²) in [5.74, 6) is -0.0542. The Hall–Kier alpha value is -2.65. The van der Waals surface area contributed by atoms with Gasteiger partial charge in [0.05, 0.1) is 14.2 Å². The van der Waals surface area contributed by atoms with Crippen LogP contribution in [0.15, 0.2) is 35.2 Å². The Bertz CT molecular complexity index is 1050. The lowest BCUT2D eigenvalue weighted by Crippen LogP contribution is -2.36. The third-order valence-corrected chi connectivity index (χ3v) is 6.77. The minimum absolute atomic E-state index is 0.121. The fourth-order valence-corrected chi connectivity index (χ4v) is 4.25. The molecule has 0 aliphatic carbocycles. The molecule has 0 unspecified atom stereocenters. The highest BCUT2D eigenvalue weighted by molar-refractivity contribution is 7.89. The van der Waals surface area contributed by atoms with E-state index in [0.717, 1.165) is 27.6 Å². The summed E-state index contributed by atoms with van der Waals surface area (Å²) in [5, 5.41) is 0. The van der Waals surface area contributed by atoms with Gasteiger partial charge in [0.2, 0.25) is 10.0 Å². The lowest BCUT2D eigenvalue weighted by atomic mass is 9.98. The van der Waals surface area contributed by atoms with Crippen molar-refractivity contribution in [3.63, 3.8) is 0 Å². The Kier molecular flexibility index (Phi) is 5.81. The molecule has 0 aromatic heterocycles. The zero-order valence-electron chi connectivity index (χ0n) is 16.7. The summed E-state index contributed by atoms with van der Waals surface area (Å²) in [5.41, 5.74) is 2.10. The highest BCUT2D eigenvalue weighted by Gasteiger charge is 2.27. The monoisotopic (exact) mass is 422 g/mol. The van der Waals surface area contributed by atoms with Gasteiger partial charge < -0.3 is 14.4 Å². The van der Waals surface area contributed by atoms with Gasteiger partial charge in [-0.05, 0) is 47.9 Å². The second-order valence-corrected chi connectivity index (χ2v) is 9.01. The number of hydrogen-bond donors (Lipinski definition) is 0. The number of sulfonamides is 1. The molecule has 1 aliphatic rings. The minimum Gasteiger partial charge on any atom is -0.493 e. The molecule has 9 heteroatoms. The molecular weight excluding hydrogens is 399 g/mol. The minimum atomic E-state index is -4.00. The fraction of sp³-hybridized carbons (Fsp3) is 0.350. The molecule has 0 radical (unpaired) electrons. The first-order valence-electron chi connectivity index (χ1n) is 8.94. The highest BCUT2D eigenvalue weighted by Crippen LogP contribution is 2.33. The molecule has 1 aliphatic heterocycles. The van der Waals surface area contributed by atoms with Crippen LogP contribution in [0, 0.1) is 5.82 Å². The van der Waals surface area contributed by atoms with E-state index in [4.69, 9.17) is 9.47 Å². The SMILES string of the molecule is COc1cc2c(cc1OC)CN(C(=O)c1ccc(F)c(S(=O)(=O)N(C)C)c1)CC2. The summed E-state index contributed by atoms with van der Waals surface area (Å²) < 4.78 is 50.4. The average molecular weight is 422 g/mol. The van der Waals surface area contributed by atoms with E-state index in [1.54, 1.807) is 19.1 Å². The van der Waals surface area contributed by atoms with Gasteiger partial charge in [0.15, 0.2) is 11.5 Å². The first-order chi connectivity index (χ1) is 13.7. The maximum Gasteiger partial charge on any atom is 0.254 e. The smallest absolute Gasteiger partial charge is 0.254 e. The Morgan fingerprint density at radius 2 is 1.69 bits per heavy atom. The van der Waals surface area contributed by atoms with Crippen LogP contribution in [0.1, 0.15) is 21.5 Å². The molecular formula is C20H23FN2O5S. The van der Waals surface area contributed by atoms with E-state index in [9.17, 15) is 17.6 Å². The number of nitrogens with zero attached hydrogens (tertiary/aromatic N) is 2. The fourth-order valence-electron chi connectivity index (χ4n) is 3.27. The topological polar surface area (TPSA) is 76.1 Å². The summed E-state index contributed by atoms with van der Waals surface area (Å²) in [4.78, 5) is 14.1. The number of carbonyl (C=O) groups excluding carboxylic acids is 1. The van der Waals surface area contributed by atoms with Gasteiger partial charge in [0.25, 0.3) is 5.91 Å². The van der Waals surface area contributed by atoms with E-state index < -0.39 is 20.7 Å². The molecule has 0 spiro atoms. The predicted molar refractivity (Wildman–Crippen MR) is 105 cm³/mol. The number of methoxy groups -OCH3 is 2. The van der Waals surface area contributed by atoms with Crippen LogP contribution < -0.4 is 9.47 Å². The van der Waals surface area contributed by atoms with Crippen LogP contribution >= 0.6 is 0 Å². The number of rotatable bonds is 5. The van der Waals surface area contributed by atoms with Crippen LogP contribution in [-0.2, 0) is 23.0 Å². The maximum atomic E-state index is 14.1. The Balaban J connectivity index is 1.91. The van der Waals surface area contributed by atoms with Crippen LogP contribution in [0.4, 0.5) is 4.39 Å². The second-order valence-electron chi connectivity index (χ2n) is 6.89. The maximum absolute atomic E-state index is 14.1. The first-order valence-corrected chi connectivity index (χ1v) is 10.4. The molecule has 7 nitrogen and oxygen atoms in total. The quantitative estimate of drug-likeness (QED) is 0.739. The Labute approximate surface area is 169 Å². The second kappa shape index (κ2) is 8.00. The summed E-state index contributed by atoms with van der Waals surface area (Å²) in [6, 6.07) is 7.14. The molecule has 0 bridgehead atoms. The lowest BCUT2D eigenvalue weighted by molar-refractivity contribution is 0.0734. The molecule has 0 N–H and O–H groups in total. The van der Waals surface area contributed by atoms with Crippen molar-refractivity contribution in [2.75, 3.05) is 34.9 Å². The summed E-state index contributed by atoms with van der Waals surface area (Å²) in [6.45, 7) is 0.788. The molecule has 1 amide bonds. The van der Waals surface area contributed by atoms with Gasteiger partial charge in [-0.1, -0.05) is 0 Å². The van der Waals surface area contributed by atoms with Gasteiger partial charge in [-0.15, -0.1) is 0 Å². The van der Waals surface area contributed by atoms with Crippen LogP contribution in [-0.4, -0.2) is 58.4 Å². The molecule has 0 saturated carbocycles. The van der Waals surface area contributed by atoms with Crippen molar-refractivity contribution < 1.29 is 27.1 Å². The van der Waals surface area contributed by atoms with E-state index >= 15 is 0 Å². The molecule has 0 fully saturated rings. The van der Waals surface area contributed by atoms with E-state index in [2.05, 4.69) is 0 Å². The summed E-state index contributed by atoms with van der Waals surface area (Å²) in [6.07, 6.45) is 0.617. The number of hydrogen-bond acceptors (Lipinski definition) is 5. The Morgan fingerprint density at radius 3 is 2.28 bits per heavy atom. The van der Waals surface area contributed by atoms with Gasteiger partial charge in [0.1, 0.15) is 10.7 Å². The van der Waals surface area contributed by atoms with Gasteiger partial charge >= 0.3 is 0 Å². The largest absolute Gasteiger partial charge is 0.493 e.